The van der Waals surface area contributed by atoms with Gasteiger partial charge < -0.3 is 9.80 Å². The second kappa shape index (κ2) is 7.36. The highest BCUT2D eigenvalue weighted by molar-refractivity contribution is 7.92. The third-order valence-corrected chi connectivity index (χ3v) is 6.09. The number of hydrogen-bond donors (Lipinski definition) is 1. The van der Waals surface area contributed by atoms with Crippen LogP contribution in [0.2, 0.25) is 0 Å². The van der Waals surface area contributed by atoms with Gasteiger partial charge in [0.05, 0.1) is 17.2 Å². The molecule has 9 nitrogen and oxygen atoms in total. The van der Waals surface area contributed by atoms with Crippen molar-refractivity contribution in [2.75, 3.05) is 42.8 Å². The molecular weight excluding hydrogens is 378 g/mol. The number of benzene rings is 1. The fraction of sp³-hybridized carbons (Fsp3) is 0.389. The molecular formula is C18H23N7O2S. The van der Waals surface area contributed by atoms with Crippen molar-refractivity contribution in [3.05, 3.63) is 36.7 Å². The van der Waals surface area contributed by atoms with Crippen LogP contribution in [0.1, 0.15) is 6.42 Å². The van der Waals surface area contributed by atoms with Gasteiger partial charge in [-0.25, -0.2) is 18.4 Å². The van der Waals surface area contributed by atoms with Crippen molar-refractivity contribution in [1.82, 2.24) is 24.6 Å². The first-order valence-corrected chi connectivity index (χ1v) is 10.6. The van der Waals surface area contributed by atoms with Crippen LogP contribution in [0.5, 0.6) is 0 Å². The summed E-state index contributed by atoms with van der Waals surface area (Å²) in [5.74, 6) is 0.800. The second-order valence-electron chi connectivity index (χ2n) is 6.98. The first kappa shape index (κ1) is 18.6. The van der Waals surface area contributed by atoms with Gasteiger partial charge in [0.25, 0.3) is 10.0 Å². The van der Waals surface area contributed by atoms with E-state index in [1.165, 1.54) is 17.1 Å². The third kappa shape index (κ3) is 3.78. The molecule has 1 aliphatic rings. The summed E-state index contributed by atoms with van der Waals surface area (Å²) in [5, 5.41) is 3.95. The van der Waals surface area contributed by atoms with E-state index in [-0.39, 0.29) is 10.7 Å². The van der Waals surface area contributed by atoms with E-state index in [0.29, 0.717) is 11.3 Å². The van der Waals surface area contributed by atoms with Gasteiger partial charge in [-0.2, -0.15) is 5.10 Å². The Morgan fingerprint density at radius 1 is 1.00 bits per heavy atom. The lowest BCUT2D eigenvalue weighted by Gasteiger charge is -2.24. The van der Waals surface area contributed by atoms with E-state index in [2.05, 4.69) is 31.7 Å². The minimum Gasteiger partial charge on any atom is -0.352 e. The molecule has 4 rings (SSSR count). The minimum absolute atomic E-state index is 0.0894. The van der Waals surface area contributed by atoms with Gasteiger partial charge in [0, 0.05) is 32.9 Å². The number of nitrogens with zero attached hydrogens (tertiary/aromatic N) is 6. The van der Waals surface area contributed by atoms with E-state index in [1.54, 1.807) is 7.05 Å². The average Bonchev–Trinajstić information content (AvgIpc) is 3.00. The Balaban J connectivity index is 1.77. The molecule has 0 atom stereocenters. The first-order chi connectivity index (χ1) is 13.4. The molecule has 148 valence electrons. The van der Waals surface area contributed by atoms with Gasteiger partial charge in [0.2, 0.25) is 0 Å². The zero-order valence-corrected chi connectivity index (χ0v) is 16.7. The Hall–Kier alpha value is -2.72. The van der Waals surface area contributed by atoms with Gasteiger partial charge in [0.1, 0.15) is 4.90 Å². The SMILES string of the molecule is CN1CCCN(c2nc3ccccc3nc2NS(=O)(=O)c2cnn(C)c2)CC1. The molecule has 0 radical (unpaired) electrons. The van der Waals surface area contributed by atoms with Crippen LogP contribution in [0.15, 0.2) is 41.6 Å². The number of likely N-dealkylation sites (N-methyl/N-ethyl adjacent to an activating group) is 1. The topological polar surface area (TPSA) is 96.2 Å². The molecule has 2 aromatic heterocycles. The van der Waals surface area contributed by atoms with Gasteiger partial charge in [-0.05, 0) is 32.1 Å². The summed E-state index contributed by atoms with van der Waals surface area (Å²) in [6, 6.07) is 7.47. The number of rotatable bonds is 4. The molecule has 0 amide bonds. The molecule has 3 heterocycles. The van der Waals surface area contributed by atoms with Crippen molar-refractivity contribution >= 4 is 32.7 Å². The van der Waals surface area contributed by atoms with Gasteiger partial charge in [-0.3, -0.25) is 9.40 Å². The van der Waals surface area contributed by atoms with Gasteiger partial charge in [-0.15, -0.1) is 0 Å². The summed E-state index contributed by atoms with van der Waals surface area (Å²) in [5.41, 5.74) is 1.38. The van der Waals surface area contributed by atoms with Crippen molar-refractivity contribution in [2.45, 2.75) is 11.3 Å². The van der Waals surface area contributed by atoms with Crippen molar-refractivity contribution in [3.8, 4) is 0 Å². The van der Waals surface area contributed by atoms with E-state index in [1.807, 2.05) is 24.3 Å². The van der Waals surface area contributed by atoms with Gasteiger partial charge >= 0.3 is 0 Å². The molecule has 1 aliphatic heterocycles. The molecule has 0 spiro atoms. The molecule has 1 saturated heterocycles. The Morgan fingerprint density at radius 3 is 2.46 bits per heavy atom. The van der Waals surface area contributed by atoms with Crippen LogP contribution in [-0.2, 0) is 17.1 Å². The van der Waals surface area contributed by atoms with Crippen molar-refractivity contribution in [3.63, 3.8) is 0 Å². The predicted molar refractivity (Wildman–Crippen MR) is 108 cm³/mol. The fourth-order valence-corrected chi connectivity index (χ4v) is 4.25. The maximum atomic E-state index is 12.8. The van der Waals surface area contributed by atoms with Gasteiger partial charge in [-0.1, -0.05) is 12.1 Å². The molecule has 1 fully saturated rings. The monoisotopic (exact) mass is 401 g/mol. The Kier molecular flexibility index (Phi) is 4.90. The highest BCUT2D eigenvalue weighted by atomic mass is 32.2. The lowest BCUT2D eigenvalue weighted by molar-refractivity contribution is 0.360. The van der Waals surface area contributed by atoms with Crippen molar-refractivity contribution in [2.24, 2.45) is 7.05 Å². The summed E-state index contributed by atoms with van der Waals surface area (Å²) in [4.78, 5) is 13.8. The Labute approximate surface area is 164 Å². The van der Waals surface area contributed by atoms with Crippen LogP contribution in [-0.4, -0.2) is 66.3 Å². The Bertz CT molecular complexity index is 1100. The smallest absolute Gasteiger partial charge is 0.266 e. The lowest BCUT2D eigenvalue weighted by atomic mass is 10.3. The number of nitrogens with one attached hydrogen (secondary N) is 1. The zero-order valence-electron chi connectivity index (χ0n) is 15.9. The maximum absolute atomic E-state index is 12.8. The standard InChI is InChI=1S/C18H23N7O2S/c1-23-8-5-9-25(11-10-23)18-17(20-15-6-3-4-7-16(15)21-18)22-28(26,27)14-12-19-24(2)13-14/h3-4,6-7,12-13H,5,8-11H2,1-2H3,(H,20,22). The summed E-state index contributed by atoms with van der Waals surface area (Å²) < 4.78 is 29.8. The molecule has 0 aliphatic carbocycles. The average molecular weight is 401 g/mol. The van der Waals surface area contributed by atoms with E-state index >= 15 is 0 Å². The number of hydrogen-bond acceptors (Lipinski definition) is 7. The molecule has 1 aromatic carbocycles. The summed E-state index contributed by atoms with van der Waals surface area (Å²) >= 11 is 0. The second-order valence-corrected chi connectivity index (χ2v) is 8.67. The number of sulfonamides is 1. The van der Waals surface area contributed by atoms with Gasteiger partial charge in [0.15, 0.2) is 11.6 Å². The lowest BCUT2D eigenvalue weighted by Crippen LogP contribution is -2.30. The molecule has 0 bridgehead atoms. The molecule has 3 aromatic rings. The highest BCUT2D eigenvalue weighted by Crippen LogP contribution is 2.28. The number of aromatic nitrogens is 4. The normalized spacial score (nSPS) is 16.3. The molecule has 0 saturated carbocycles. The van der Waals surface area contributed by atoms with Crippen LogP contribution >= 0.6 is 0 Å². The third-order valence-electron chi connectivity index (χ3n) is 4.79. The summed E-state index contributed by atoms with van der Waals surface area (Å²) in [6.45, 7) is 3.42. The van der Waals surface area contributed by atoms with Crippen LogP contribution < -0.4 is 9.62 Å². The van der Waals surface area contributed by atoms with Crippen LogP contribution in [0.4, 0.5) is 11.6 Å². The van der Waals surface area contributed by atoms with Crippen LogP contribution in [0, 0.1) is 0 Å². The number of fused-ring (bicyclic) bond motifs is 1. The number of para-hydroxylation sites is 2. The van der Waals surface area contributed by atoms with Crippen molar-refractivity contribution < 1.29 is 8.42 Å². The quantitative estimate of drug-likeness (QED) is 0.704. The predicted octanol–water partition coefficient (Wildman–Crippen LogP) is 1.31. The van der Waals surface area contributed by atoms with Crippen molar-refractivity contribution in [1.29, 1.82) is 0 Å². The van der Waals surface area contributed by atoms with Crippen LogP contribution in [0.3, 0.4) is 0 Å². The molecule has 0 unspecified atom stereocenters. The first-order valence-electron chi connectivity index (χ1n) is 9.14. The number of aryl methyl sites for hydroxylation is 1. The minimum atomic E-state index is -3.82. The largest absolute Gasteiger partial charge is 0.352 e. The number of anilines is 2. The molecule has 10 heteroatoms. The fourth-order valence-electron chi connectivity index (χ4n) is 3.26. The summed E-state index contributed by atoms with van der Waals surface area (Å²) in [7, 11) is -0.0556. The van der Waals surface area contributed by atoms with E-state index in [4.69, 9.17) is 4.98 Å². The zero-order chi connectivity index (χ0) is 19.7. The molecule has 1 N–H and O–H groups in total. The molecule has 28 heavy (non-hydrogen) atoms. The maximum Gasteiger partial charge on any atom is 0.266 e. The van der Waals surface area contributed by atoms with E-state index in [9.17, 15) is 8.42 Å². The highest BCUT2D eigenvalue weighted by Gasteiger charge is 2.24. The Morgan fingerprint density at radius 2 is 1.75 bits per heavy atom. The summed E-state index contributed by atoms with van der Waals surface area (Å²) in [6.07, 6.45) is 3.74. The van der Waals surface area contributed by atoms with Crippen LogP contribution in [0.25, 0.3) is 11.0 Å². The van der Waals surface area contributed by atoms with E-state index in [0.717, 1.165) is 38.1 Å². The van der Waals surface area contributed by atoms with E-state index < -0.39 is 10.0 Å².